The molecule has 2 nitrogen and oxygen atoms in total. The van der Waals surface area contributed by atoms with Crippen LogP contribution in [0.5, 0.6) is 0 Å². The average Bonchev–Trinajstić information content (AvgIpc) is 2.36. The molecule has 0 radical (unpaired) electrons. The highest BCUT2D eigenvalue weighted by molar-refractivity contribution is 5.09. The molecule has 1 heterocycles. The fourth-order valence-corrected chi connectivity index (χ4v) is 1.05. The van der Waals surface area contributed by atoms with Gasteiger partial charge in [0.25, 0.3) is 0 Å². The molecule has 0 spiro atoms. The third-order valence-corrected chi connectivity index (χ3v) is 1.52. The quantitative estimate of drug-likeness (QED) is 0.583. The van der Waals surface area contributed by atoms with Crippen molar-refractivity contribution in [2.75, 3.05) is 0 Å². The SMILES string of the molecule is C#CCc1ccnn1C(C)C. The van der Waals surface area contributed by atoms with Gasteiger partial charge in [0.2, 0.25) is 0 Å². The molecule has 0 unspecified atom stereocenters. The molecule has 11 heavy (non-hydrogen) atoms. The lowest BCUT2D eigenvalue weighted by Crippen LogP contribution is -2.06. The third-order valence-electron chi connectivity index (χ3n) is 1.52. The van der Waals surface area contributed by atoms with Crippen molar-refractivity contribution in [2.45, 2.75) is 26.3 Å². The van der Waals surface area contributed by atoms with Crippen LogP contribution in [-0.4, -0.2) is 9.78 Å². The van der Waals surface area contributed by atoms with E-state index in [9.17, 15) is 0 Å². The van der Waals surface area contributed by atoms with Crippen molar-refractivity contribution in [2.24, 2.45) is 0 Å². The summed E-state index contributed by atoms with van der Waals surface area (Å²) >= 11 is 0. The summed E-state index contributed by atoms with van der Waals surface area (Å²) in [4.78, 5) is 0. The van der Waals surface area contributed by atoms with Crippen LogP contribution in [0.25, 0.3) is 0 Å². The van der Waals surface area contributed by atoms with E-state index < -0.39 is 0 Å². The molecular weight excluding hydrogens is 136 g/mol. The van der Waals surface area contributed by atoms with Gasteiger partial charge in [-0.2, -0.15) is 5.10 Å². The number of hydrogen-bond acceptors (Lipinski definition) is 1. The maximum Gasteiger partial charge on any atom is 0.0508 e. The Hall–Kier alpha value is -1.23. The van der Waals surface area contributed by atoms with Gasteiger partial charge in [0.05, 0.1) is 12.1 Å². The molecule has 2 heteroatoms. The van der Waals surface area contributed by atoms with Crippen molar-refractivity contribution in [1.82, 2.24) is 9.78 Å². The van der Waals surface area contributed by atoms with Gasteiger partial charge in [0, 0.05) is 12.2 Å². The van der Waals surface area contributed by atoms with Gasteiger partial charge in [-0.25, -0.2) is 0 Å². The van der Waals surface area contributed by atoms with Gasteiger partial charge >= 0.3 is 0 Å². The third kappa shape index (κ3) is 1.62. The van der Waals surface area contributed by atoms with Gasteiger partial charge in [0.15, 0.2) is 0 Å². The molecule has 0 fully saturated rings. The maximum atomic E-state index is 5.20. The molecular formula is C9H12N2. The van der Waals surface area contributed by atoms with Gasteiger partial charge in [-0.3, -0.25) is 4.68 Å². The molecule has 0 atom stereocenters. The van der Waals surface area contributed by atoms with Crippen LogP contribution in [0.3, 0.4) is 0 Å². The second kappa shape index (κ2) is 3.25. The van der Waals surface area contributed by atoms with E-state index in [4.69, 9.17) is 6.42 Å². The van der Waals surface area contributed by atoms with Gasteiger partial charge in [-0.1, -0.05) is 0 Å². The lowest BCUT2D eigenvalue weighted by Gasteiger charge is -2.08. The predicted molar refractivity (Wildman–Crippen MR) is 45.1 cm³/mol. The Bertz CT molecular complexity index is 265. The van der Waals surface area contributed by atoms with E-state index in [1.165, 1.54) is 0 Å². The second-order valence-corrected chi connectivity index (χ2v) is 2.74. The summed E-state index contributed by atoms with van der Waals surface area (Å²) in [5, 5.41) is 4.16. The highest BCUT2D eigenvalue weighted by Crippen LogP contribution is 2.07. The average molecular weight is 148 g/mol. The van der Waals surface area contributed by atoms with Crippen LogP contribution in [0, 0.1) is 12.3 Å². The Labute approximate surface area is 67.2 Å². The Balaban J connectivity index is 2.89. The number of hydrogen-bond donors (Lipinski definition) is 0. The van der Waals surface area contributed by atoms with Crippen LogP contribution >= 0.6 is 0 Å². The minimum Gasteiger partial charge on any atom is -0.266 e. The molecule has 0 aliphatic carbocycles. The van der Waals surface area contributed by atoms with Crippen molar-refractivity contribution in [3.8, 4) is 12.3 Å². The smallest absolute Gasteiger partial charge is 0.0508 e. The molecule has 0 saturated carbocycles. The van der Waals surface area contributed by atoms with Crippen LogP contribution in [0.2, 0.25) is 0 Å². The zero-order valence-corrected chi connectivity index (χ0v) is 6.91. The van der Waals surface area contributed by atoms with Gasteiger partial charge in [0.1, 0.15) is 0 Å². The zero-order chi connectivity index (χ0) is 8.27. The first-order chi connectivity index (χ1) is 5.25. The molecule has 0 saturated heterocycles. The predicted octanol–water partition coefficient (Wildman–Crippen LogP) is 1.64. The van der Waals surface area contributed by atoms with E-state index in [1.54, 1.807) is 6.20 Å². The van der Waals surface area contributed by atoms with E-state index in [0.29, 0.717) is 12.5 Å². The van der Waals surface area contributed by atoms with Crippen molar-refractivity contribution in [1.29, 1.82) is 0 Å². The van der Waals surface area contributed by atoms with Crippen LogP contribution in [0.4, 0.5) is 0 Å². The molecule has 0 bridgehead atoms. The van der Waals surface area contributed by atoms with Crippen molar-refractivity contribution < 1.29 is 0 Å². The monoisotopic (exact) mass is 148 g/mol. The number of rotatable bonds is 2. The topological polar surface area (TPSA) is 17.8 Å². The number of terminal acetylenes is 1. The molecule has 0 amide bonds. The fraction of sp³-hybridized carbons (Fsp3) is 0.444. The first kappa shape index (κ1) is 7.87. The van der Waals surface area contributed by atoms with Crippen molar-refractivity contribution in [3.05, 3.63) is 18.0 Å². The highest BCUT2D eigenvalue weighted by atomic mass is 15.3. The van der Waals surface area contributed by atoms with Crippen molar-refractivity contribution in [3.63, 3.8) is 0 Å². The summed E-state index contributed by atoms with van der Waals surface area (Å²) in [5.74, 6) is 2.60. The minimum atomic E-state index is 0.397. The zero-order valence-electron chi connectivity index (χ0n) is 6.91. The van der Waals surface area contributed by atoms with Gasteiger partial charge < -0.3 is 0 Å². The largest absolute Gasteiger partial charge is 0.266 e. The Morgan fingerprint density at radius 3 is 3.00 bits per heavy atom. The fourth-order valence-electron chi connectivity index (χ4n) is 1.05. The summed E-state index contributed by atoms with van der Waals surface area (Å²) in [7, 11) is 0. The first-order valence-electron chi connectivity index (χ1n) is 3.71. The summed E-state index contributed by atoms with van der Waals surface area (Å²) in [5.41, 5.74) is 1.11. The lowest BCUT2D eigenvalue weighted by molar-refractivity contribution is 0.515. The maximum absolute atomic E-state index is 5.20. The standard InChI is InChI=1S/C9H12N2/c1-4-5-9-6-7-10-11(9)8(2)3/h1,6-8H,5H2,2-3H3. The Morgan fingerprint density at radius 2 is 2.45 bits per heavy atom. The van der Waals surface area contributed by atoms with E-state index in [0.717, 1.165) is 5.69 Å². The normalized spacial score (nSPS) is 10.0. The lowest BCUT2D eigenvalue weighted by atomic mass is 10.3. The Morgan fingerprint density at radius 1 is 1.73 bits per heavy atom. The minimum absolute atomic E-state index is 0.397. The highest BCUT2D eigenvalue weighted by Gasteiger charge is 2.02. The number of nitrogens with zero attached hydrogens (tertiary/aromatic N) is 2. The van der Waals surface area contributed by atoms with E-state index in [1.807, 2.05) is 10.7 Å². The summed E-state index contributed by atoms with van der Waals surface area (Å²) < 4.78 is 1.94. The van der Waals surface area contributed by atoms with E-state index in [2.05, 4.69) is 24.9 Å². The Kier molecular flexibility index (Phi) is 2.32. The van der Waals surface area contributed by atoms with Crippen LogP contribution in [0.1, 0.15) is 25.6 Å². The molecule has 0 aromatic carbocycles. The van der Waals surface area contributed by atoms with Crippen molar-refractivity contribution >= 4 is 0 Å². The molecule has 0 aliphatic rings. The molecule has 0 aliphatic heterocycles. The van der Waals surface area contributed by atoms with Crippen LogP contribution in [-0.2, 0) is 6.42 Å². The van der Waals surface area contributed by atoms with Gasteiger partial charge in [-0.05, 0) is 19.9 Å². The molecule has 58 valence electrons. The summed E-state index contributed by atoms with van der Waals surface area (Å²) in [6.07, 6.45) is 7.65. The molecule has 1 aromatic rings. The van der Waals surface area contributed by atoms with E-state index >= 15 is 0 Å². The summed E-state index contributed by atoms with van der Waals surface area (Å²) in [6, 6.07) is 2.35. The van der Waals surface area contributed by atoms with Crippen LogP contribution in [0.15, 0.2) is 12.3 Å². The van der Waals surface area contributed by atoms with E-state index in [-0.39, 0.29) is 0 Å². The second-order valence-electron chi connectivity index (χ2n) is 2.74. The van der Waals surface area contributed by atoms with Gasteiger partial charge in [-0.15, -0.1) is 12.3 Å². The van der Waals surface area contributed by atoms with Crippen LogP contribution < -0.4 is 0 Å². The summed E-state index contributed by atoms with van der Waals surface area (Å²) in [6.45, 7) is 4.18. The molecule has 0 N–H and O–H groups in total. The first-order valence-corrected chi connectivity index (χ1v) is 3.71. The number of aromatic nitrogens is 2. The molecule has 1 rings (SSSR count). The molecule has 1 aromatic heterocycles.